The molecule has 1 aromatic carbocycles. The Bertz CT molecular complexity index is 602. The van der Waals surface area contributed by atoms with Crippen LogP contribution in [0, 0.1) is 6.92 Å². The molecule has 0 amide bonds. The number of hydrogen-bond acceptors (Lipinski definition) is 6. The van der Waals surface area contributed by atoms with Gasteiger partial charge in [0.15, 0.2) is 0 Å². The second-order valence-electron chi connectivity index (χ2n) is 4.74. The molecule has 0 bridgehead atoms. The summed E-state index contributed by atoms with van der Waals surface area (Å²) < 4.78 is 5.52. The molecule has 0 saturated carbocycles. The first-order valence-corrected chi connectivity index (χ1v) is 7.01. The lowest BCUT2D eigenvalue weighted by Gasteiger charge is -2.18. The Morgan fingerprint density at radius 3 is 2.71 bits per heavy atom. The molecule has 0 atom stereocenters. The van der Waals surface area contributed by atoms with Gasteiger partial charge in [0.05, 0.1) is 6.61 Å². The van der Waals surface area contributed by atoms with Gasteiger partial charge in [0.1, 0.15) is 0 Å². The van der Waals surface area contributed by atoms with Crippen molar-refractivity contribution in [2.24, 2.45) is 0 Å². The van der Waals surface area contributed by atoms with Crippen LogP contribution in [0.25, 0.3) is 0 Å². The van der Waals surface area contributed by atoms with Crippen LogP contribution in [-0.2, 0) is 0 Å². The Morgan fingerprint density at radius 1 is 1.24 bits per heavy atom. The number of hydrogen-bond donors (Lipinski definition) is 1. The lowest BCUT2D eigenvalue weighted by molar-refractivity contribution is 0.292. The number of anilines is 3. The first kappa shape index (κ1) is 15.0. The van der Waals surface area contributed by atoms with E-state index in [1.807, 2.05) is 31.0 Å². The van der Waals surface area contributed by atoms with E-state index in [-0.39, 0.29) is 0 Å². The molecule has 0 aliphatic heterocycles. The Kier molecular flexibility index (Phi) is 4.92. The largest absolute Gasteiger partial charge is 0.463 e. The van der Waals surface area contributed by atoms with Gasteiger partial charge in [-0.1, -0.05) is 19.1 Å². The van der Waals surface area contributed by atoms with Gasteiger partial charge < -0.3 is 15.0 Å². The van der Waals surface area contributed by atoms with Gasteiger partial charge in [0.2, 0.25) is 11.9 Å². The minimum absolute atomic E-state index is 0.339. The summed E-state index contributed by atoms with van der Waals surface area (Å²) in [6, 6.07) is 8.50. The molecule has 0 unspecified atom stereocenters. The van der Waals surface area contributed by atoms with Crippen LogP contribution in [0.1, 0.15) is 18.9 Å². The van der Waals surface area contributed by atoms with Crippen molar-refractivity contribution in [3.63, 3.8) is 0 Å². The summed E-state index contributed by atoms with van der Waals surface area (Å²) >= 11 is 0. The van der Waals surface area contributed by atoms with Crippen LogP contribution in [0.15, 0.2) is 24.3 Å². The fourth-order valence-electron chi connectivity index (χ4n) is 1.82. The zero-order chi connectivity index (χ0) is 15.2. The number of nitrogens with one attached hydrogen (secondary N) is 1. The van der Waals surface area contributed by atoms with Gasteiger partial charge in [-0.05, 0) is 31.0 Å². The predicted molar refractivity (Wildman–Crippen MR) is 84.4 cm³/mol. The summed E-state index contributed by atoms with van der Waals surface area (Å²) in [5.74, 6) is 1.04. The lowest BCUT2D eigenvalue weighted by atomic mass is 10.2. The maximum atomic E-state index is 5.52. The zero-order valence-corrected chi connectivity index (χ0v) is 12.9. The van der Waals surface area contributed by atoms with Crippen molar-refractivity contribution in [1.82, 2.24) is 15.0 Å². The number of aryl methyl sites for hydroxylation is 1. The average Bonchev–Trinajstić information content (AvgIpc) is 2.51. The molecule has 6 heteroatoms. The normalized spacial score (nSPS) is 10.3. The van der Waals surface area contributed by atoms with Crippen molar-refractivity contribution < 1.29 is 4.74 Å². The molecule has 6 nitrogen and oxygen atoms in total. The highest BCUT2D eigenvalue weighted by Crippen LogP contribution is 2.23. The molecule has 0 radical (unpaired) electrons. The molecule has 2 rings (SSSR count). The van der Waals surface area contributed by atoms with E-state index in [1.165, 1.54) is 5.56 Å². The van der Waals surface area contributed by atoms with Crippen molar-refractivity contribution >= 4 is 17.6 Å². The topological polar surface area (TPSA) is 63.2 Å². The molecular weight excluding hydrogens is 266 g/mol. The fourth-order valence-corrected chi connectivity index (χ4v) is 1.82. The van der Waals surface area contributed by atoms with E-state index in [0.717, 1.165) is 12.1 Å². The number of rotatable bonds is 6. The average molecular weight is 287 g/mol. The summed E-state index contributed by atoms with van der Waals surface area (Å²) in [6.45, 7) is 4.68. The van der Waals surface area contributed by atoms with Crippen molar-refractivity contribution in [3.05, 3.63) is 29.8 Å². The summed E-state index contributed by atoms with van der Waals surface area (Å²) in [4.78, 5) is 14.9. The van der Waals surface area contributed by atoms with E-state index in [4.69, 9.17) is 4.74 Å². The molecule has 112 valence electrons. The maximum Gasteiger partial charge on any atom is 0.323 e. The summed E-state index contributed by atoms with van der Waals surface area (Å²) in [7, 11) is 3.70. The standard InChI is InChI=1S/C15H21N5O/c1-5-9-21-15-18-13(16-3)17-14(19-15)20(4)12-8-6-7-11(2)10-12/h6-8,10H,5,9H2,1-4H3,(H,16,17,18,19). The van der Waals surface area contributed by atoms with Gasteiger partial charge >= 0.3 is 6.01 Å². The molecular formula is C15H21N5O. The highest BCUT2D eigenvalue weighted by Gasteiger charge is 2.12. The quantitative estimate of drug-likeness (QED) is 0.881. The molecule has 1 N–H and O–H groups in total. The highest BCUT2D eigenvalue weighted by atomic mass is 16.5. The smallest absolute Gasteiger partial charge is 0.323 e. The molecule has 2 aromatic rings. The third-order valence-electron chi connectivity index (χ3n) is 2.95. The molecule has 1 aromatic heterocycles. The van der Waals surface area contributed by atoms with Gasteiger partial charge in [0, 0.05) is 19.8 Å². The van der Waals surface area contributed by atoms with E-state index >= 15 is 0 Å². The Balaban J connectivity index is 2.32. The van der Waals surface area contributed by atoms with Crippen molar-refractivity contribution in [2.45, 2.75) is 20.3 Å². The molecule has 21 heavy (non-hydrogen) atoms. The molecule has 0 saturated heterocycles. The zero-order valence-electron chi connectivity index (χ0n) is 12.9. The van der Waals surface area contributed by atoms with E-state index in [2.05, 4.69) is 39.3 Å². The van der Waals surface area contributed by atoms with Crippen LogP contribution in [0.4, 0.5) is 17.6 Å². The SMILES string of the molecule is CCCOc1nc(NC)nc(N(C)c2cccc(C)c2)n1. The first-order valence-electron chi connectivity index (χ1n) is 7.01. The highest BCUT2D eigenvalue weighted by molar-refractivity contribution is 5.58. The third-order valence-corrected chi connectivity index (χ3v) is 2.95. The predicted octanol–water partition coefficient (Wildman–Crippen LogP) is 2.78. The second kappa shape index (κ2) is 6.88. The number of ether oxygens (including phenoxy) is 1. The van der Waals surface area contributed by atoms with Gasteiger partial charge in [-0.3, -0.25) is 0 Å². The van der Waals surface area contributed by atoms with E-state index < -0.39 is 0 Å². The lowest BCUT2D eigenvalue weighted by Crippen LogP contribution is -2.16. The Morgan fingerprint density at radius 2 is 2.05 bits per heavy atom. The van der Waals surface area contributed by atoms with Crippen LogP contribution >= 0.6 is 0 Å². The minimum atomic E-state index is 0.339. The fraction of sp³-hybridized carbons (Fsp3) is 0.400. The Labute approximate surface area is 125 Å². The first-order chi connectivity index (χ1) is 10.1. The monoisotopic (exact) mass is 287 g/mol. The summed E-state index contributed by atoms with van der Waals surface area (Å²) in [6.07, 6.45) is 0.906. The third kappa shape index (κ3) is 3.81. The number of nitrogens with zero attached hydrogens (tertiary/aromatic N) is 4. The molecule has 0 fully saturated rings. The van der Waals surface area contributed by atoms with Crippen LogP contribution in [0.2, 0.25) is 0 Å². The number of benzene rings is 1. The minimum Gasteiger partial charge on any atom is -0.463 e. The van der Waals surface area contributed by atoms with E-state index in [1.54, 1.807) is 7.05 Å². The van der Waals surface area contributed by atoms with Crippen LogP contribution in [0.3, 0.4) is 0 Å². The summed E-state index contributed by atoms with van der Waals surface area (Å²) in [5, 5.41) is 2.93. The maximum absolute atomic E-state index is 5.52. The van der Waals surface area contributed by atoms with Gasteiger partial charge in [-0.15, -0.1) is 0 Å². The molecule has 1 heterocycles. The van der Waals surface area contributed by atoms with E-state index in [9.17, 15) is 0 Å². The Hall–Kier alpha value is -2.37. The molecule has 0 aliphatic rings. The van der Waals surface area contributed by atoms with Crippen molar-refractivity contribution in [2.75, 3.05) is 30.9 Å². The van der Waals surface area contributed by atoms with Gasteiger partial charge in [-0.2, -0.15) is 15.0 Å². The number of aromatic nitrogens is 3. The molecule has 0 aliphatic carbocycles. The molecule has 0 spiro atoms. The van der Waals surface area contributed by atoms with Crippen molar-refractivity contribution in [1.29, 1.82) is 0 Å². The van der Waals surface area contributed by atoms with Crippen LogP contribution in [0.5, 0.6) is 6.01 Å². The second-order valence-corrected chi connectivity index (χ2v) is 4.74. The van der Waals surface area contributed by atoms with E-state index in [0.29, 0.717) is 24.5 Å². The van der Waals surface area contributed by atoms with Crippen LogP contribution in [-0.4, -0.2) is 35.7 Å². The van der Waals surface area contributed by atoms with Crippen molar-refractivity contribution in [3.8, 4) is 6.01 Å². The van der Waals surface area contributed by atoms with Gasteiger partial charge in [0.25, 0.3) is 0 Å². The van der Waals surface area contributed by atoms with Crippen LogP contribution < -0.4 is 15.0 Å². The summed E-state index contributed by atoms with van der Waals surface area (Å²) in [5.41, 5.74) is 2.20. The van der Waals surface area contributed by atoms with Gasteiger partial charge in [-0.25, -0.2) is 0 Å².